The van der Waals surface area contributed by atoms with Crippen molar-refractivity contribution in [3.8, 4) is 0 Å². The van der Waals surface area contributed by atoms with Gasteiger partial charge in [0.2, 0.25) is 11.8 Å². The number of Topliss-reactive ketones (excluding diaryl/α,β-unsaturated/α-hetero) is 2. The van der Waals surface area contributed by atoms with E-state index in [1.54, 1.807) is 0 Å². The first-order valence-corrected chi connectivity index (χ1v) is 41.1. The van der Waals surface area contributed by atoms with Gasteiger partial charge in [-0.3, -0.25) is 33.4 Å². The first kappa shape index (κ1) is 88.0. The van der Waals surface area contributed by atoms with Crippen molar-refractivity contribution in [3.63, 3.8) is 0 Å². The normalized spacial score (nSPS) is 17.6. The van der Waals surface area contributed by atoms with Crippen molar-refractivity contribution >= 4 is 96.8 Å². The lowest BCUT2D eigenvalue weighted by atomic mass is 9.80. The highest BCUT2D eigenvalue weighted by molar-refractivity contribution is 8.03. The third kappa shape index (κ3) is 28.6. The van der Waals surface area contributed by atoms with Crippen molar-refractivity contribution in [2.45, 2.75) is 204 Å². The van der Waals surface area contributed by atoms with Gasteiger partial charge in [0.1, 0.15) is 29.6 Å². The second-order valence-corrected chi connectivity index (χ2v) is 32.9. The summed E-state index contributed by atoms with van der Waals surface area (Å²) >= 11 is 1.32. The van der Waals surface area contributed by atoms with E-state index < -0.39 is 96.5 Å². The lowest BCUT2D eigenvalue weighted by Gasteiger charge is -2.29. The van der Waals surface area contributed by atoms with Gasteiger partial charge in [-0.1, -0.05) is 149 Å². The number of carbonyl (C=O) groups is 8. The summed E-state index contributed by atoms with van der Waals surface area (Å²) in [6.07, 6.45) is 16.3. The molecule has 0 saturated carbocycles. The zero-order valence-corrected chi connectivity index (χ0v) is 64.4. The molecule has 9 N–H and O–H groups in total. The fourth-order valence-electron chi connectivity index (χ4n) is 14.3. The maximum absolute atomic E-state index is 15.0. The number of thioether (sulfide) groups is 1. The van der Waals surface area contributed by atoms with E-state index in [4.69, 9.17) is 14.7 Å². The van der Waals surface area contributed by atoms with E-state index in [2.05, 4.69) is 96.4 Å². The molecule has 1 aliphatic carbocycles. The van der Waals surface area contributed by atoms with Crippen LogP contribution >= 0.6 is 11.8 Å². The van der Waals surface area contributed by atoms with E-state index in [1.807, 2.05) is 91.0 Å². The summed E-state index contributed by atoms with van der Waals surface area (Å²) in [5, 5.41) is 40.0. The quantitative estimate of drug-likeness (QED) is 0.0147. The summed E-state index contributed by atoms with van der Waals surface area (Å²) in [5.74, 6) is -7.17. The summed E-state index contributed by atoms with van der Waals surface area (Å²) in [4.78, 5) is 125. The molecule has 0 spiro atoms. The standard InChI is InChI=1S/C79H104N6O17S3.CO2/c1-78(2)61-34-17-19-36-66(61)84(47-21-23-49-104(97,98)99)69(78)44-40-57-31-25-32-58(41-45-70-79(3,4)62-35-18-20-37-67(62)85(70)48-22-24-50-105(100,101)102)73(57)103-54-65(76(94)95)82-74(91)59(51-55-27-11-9-12-28-55)53-68(87)64(52-56-29-13-10-14-30-56)81-71(88)38-16-8-6-5-7-15-33-60(86)42-43-63(75(92)93)83-77(96)80-46-26-39-72(89)90;2-1-3/h9-14,17-20,27-30,34-37,40-41,44-45,59,63-65,69H,5-8,15-16,21-26,31-33,38-39,42-43,46-54H2,1-4H3,(H,81,88)(H,82,91)(H,89,90)(H,92,93)(H,94,95)(H2,80,83,96)(H,97,98,99)(H,100,101,102);/b44-40+,58-41+,70-45+;/t59-,63+,64+,65-,69?;/m1./s1. The lowest BCUT2D eigenvalue weighted by molar-refractivity contribution is -0.850. The third-order valence-electron chi connectivity index (χ3n) is 19.9. The molecular weight excluding hydrogens is 1450 g/mol. The number of hydrogen-bond acceptors (Lipinski definition) is 17. The summed E-state index contributed by atoms with van der Waals surface area (Å²) < 4.78 is 68.1. The number of carboxylic acid groups (broad SMARTS) is 3. The number of rotatable bonds is 45. The minimum absolute atomic E-state index is 0.0459. The number of quaternary nitrogens is 1. The number of carbonyl (C=O) groups excluding carboxylic acids is 7. The molecule has 4 amide bonds. The van der Waals surface area contributed by atoms with Crippen LogP contribution in [0.3, 0.4) is 0 Å². The number of anilines is 1. The summed E-state index contributed by atoms with van der Waals surface area (Å²) in [7, 11) is -8.58. The molecule has 3 aliphatic rings. The van der Waals surface area contributed by atoms with Gasteiger partial charge < -0.3 is 46.0 Å². The Morgan fingerprint density at radius 3 is 1.90 bits per heavy atom. The molecule has 2 aliphatic heterocycles. The van der Waals surface area contributed by atoms with Crippen LogP contribution in [0.4, 0.5) is 16.2 Å². The number of ketones is 2. The first-order valence-electron chi connectivity index (χ1n) is 36.9. The molecule has 4 aromatic carbocycles. The Bertz CT molecular complexity index is 4140. The number of nitrogens with one attached hydrogen (secondary N) is 5. The number of carboxylic acids is 3. The van der Waals surface area contributed by atoms with E-state index in [-0.39, 0.29) is 113 Å². The van der Waals surface area contributed by atoms with Gasteiger partial charge >= 0.3 is 30.1 Å². The Balaban J connectivity index is 0.00000598. The summed E-state index contributed by atoms with van der Waals surface area (Å²) in [5.41, 5.74) is 7.73. The van der Waals surface area contributed by atoms with Gasteiger partial charge in [0.15, 0.2) is 5.78 Å². The van der Waals surface area contributed by atoms with Gasteiger partial charge in [0.25, 0.3) is 10.1 Å². The molecule has 2 heterocycles. The number of para-hydroxylation sites is 2. The second-order valence-electron chi connectivity index (χ2n) is 28.7. The number of fused-ring (bicyclic) bond motifs is 2. The molecule has 0 radical (unpaired) electrons. The van der Waals surface area contributed by atoms with Crippen molar-refractivity contribution in [1.82, 2.24) is 21.3 Å². The van der Waals surface area contributed by atoms with Crippen LogP contribution in [0.15, 0.2) is 155 Å². The Morgan fingerprint density at radius 1 is 0.657 bits per heavy atom. The van der Waals surface area contributed by atoms with Gasteiger partial charge in [-0.25, -0.2) is 22.8 Å². The minimum atomic E-state index is -4.41. The van der Waals surface area contributed by atoms with E-state index >= 15 is 0 Å². The third-order valence-corrected chi connectivity index (χ3v) is 22.8. The molecule has 0 saturated heterocycles. The zero-order valence-electron chi connectivity index (χ0n) is 62.0. The van der Waals surface area contributed by atoms with E-state index in [9.17, 15) is 74.5 Å². The van der Waals surface area contributed by atoms with Crippen LogP contribution in [-0.2, 0) is 87.1 Å². The average Bonchev–Trinajstić information content (AvgIpc) is 1.60. The Kier molecular flexibility index (Phi) is 35.3. The first-order chi connectivity index (χ1) is 51.3. The molecule has 28 heteroatoms. The molecule has 0 aromatic heterocycles. The number of aliphatic carboxylic acids is 3. The fraction of sp³-hybridized carbons (Fsp3) is 0.487. The van der Waals surface area contributed by atoms with Gasteiger partial charge in [-0.05, 0) is 149 Å². The van der Waals surface area contributed by atoms with Crippen molar-refractivity contribution in [3.05, 3.63) is 178 Å². The van der Waals surface area contributed by atoms with Crippen LogP contribution in [0.2, 0.25) is 0 Å². The van der Waals surface area contributed by atoms with Crippen LogP contribution in [0.5, 0.6) is 0 Å². The van der Waals surface area contributed by atoms with E-state index in [0.717, 1.165) is 86.0 Å². The number of amides is 4. The molecule has 7 rings (SSSR count). The number of benzene rings is 4. The topological polar surface area (TPSA) is 399 Å². The number of hydrogen-bond donors (Lipinski definition) is 9. The lowest BCUT2D eigenvalue weighted by Crippen LogP contribution is -3.10. The molecule has 0 bridgehead atoms. The summed E-state index contributed by atoms with van der Waals surface area (Å²) in [6.45, 7) is 9.69. The van der Waals surface area contributed by atoms with Crippen LogP contribution in [-0.4, -0.2) is 156 Å². The maximum atomic E-state index is 15.0. The Morgan fingerprint density at radius 2 is 1.26 bits per heavy atom. The largest absolute Gasteiger partial charge is 0.748 e. The fourth-order valence-corrected chi connectivity index (χ4v) is 16.7. The molecule has 586 valence electrons. The smallest absolute Gasteiger partial charge is 0.373 e. The molecule has 2 unspecified atom stereocenters. The van der Waals surface area contributed by atoms with Crippen LogP contribution in [0.1, 0.15) is 178 Å². The van der Waals surface area contributed by atoms with Crippen LogP contribution in [0.25, 0.3) is 0 Å². The SMILES string of the molecule is CC1(C)/C(=C\C=C2/CCCC(/C=C/C3[NH+](CCCCS(=O)(=O)[O-])c4ccccc4C3(C)C)=C2SC[C@@H](NC(=O)[C@@H](CC(=O)[C@H](Cc2ccccc2)NC(=O)CCCCCCCCC(=O)CC[C@H](NC(=O)NCCCC(=O)O)C(=O)O)Cc2ccccc2)C(=O)O)N(CCCCS(=O)(=O)O)c2ccccc21.O=C=O. The number of urea groups is 1. The van der Waals surface area contributed by atoms with Gasteiger partial charge in [-0.15, -0.1) is 11.8 Å². The van der Waals surface area contributed by atoms with E-state index in [1.165, 1.54) is 11.8 Å². The predicted octanol–water partition coefficient (Wildman–Crippen LogP) is 9.81. The van der Waals surface area contributed by atoms with E-state index in [0.29, 0.717) is 58.0 Å². The maximum Gasteiger partial charge on any atom is 0.373 e. The van der Waals surface area contributed by atoms with Crippen molar-refractivity contribution < 1.29 is 94.1 Å². The highest BCUT2D eigenvalue weighted by atomic mass is 32.2. The van der Waals surface area contributed by atoms with Gasteiger partial charge in [0.05, 0.1) is 33.9 Å². The molecular formula is C80H104N6O19S3. The molecule has 0 fully saturated rings. The second kappa shape index (κ2) is 43.3. The number of unbranched alkanes of at least 4 members (excludes halogenated alkanes) is 7. The Hall–Kier alpha value is -8.89. The molecule has 4 aromatic rings. The summed E-state index contributed by atoms with van der Waals surface area (Å²) in [6, 6.07) is 29.8. The highest BCUT2D eigenvalue weighted by Crippen LogP contribution is 2.48. The number of nitrogens with zero attached hydrogens (tertiary/aromatic N) is 1. The highest BCUT2D eigenvalue weighted by Gasteiger charge is 2.48. The van der Waals surface area contributed by atoms with Crippen LogP contribution in [0, 0.1) is 5.92 Å². The molecule has 6 atom stereocenters. The monoisotopic (exact) mass is 1550 g/mol. The molecule has 25 nitrogen and oxygen atoms in total. The van der Waals surface area contributed by atoms with Crippen LogP contribution < -0.4 is 31.1 Å². The Labute approximate surface area is 637 Å². The zero-order chi connectivity index (χ0) is 79.0. The van der Waals surface area contributed by atoms with Crippen molar-refractivity contribution in [2.75, 3.05) is 41.8 Å². The minimum Gasteiger partial charge on any atom is -0.748 e. The van der Waals surface area contributed by atoms with Gasteiger partial charge in [0, 0.05) is 89.9 Å². The van der Waals surface area contributed by atoms with Gasteiger partial charge in [-0.2, -0.15) is 18.0 Å². The number of allylic oxidation sites excluding steroid dienone is 6. The average molecular weight is 1550 g/mol. The van der Waals surface area contributed by atoms with Crippen molar-refractivity contribution in [1.29, 1.82) is 0 Å². The predicted molar refractivity (Wildman–Crippen MR) is 410 cm³/mol. The molecule has 108 heavy (non-hydrogen) atoms. The van der Waals surface area contributed by atoms with Crippen molar-refractivity contribution in [2.24, 2.45) is 5.92 Å².